The average molecular weight is 464 g/mol. The summed E-state index contributed by atoms with van der Waals surface area (Å²) in [6, 6.07) is 13.7. The van der Waals surface area contributed by atoms with E-state index in [0.29, 0.717) is 28.9 Å². The zero-order chi connectivity index (χ0) is 24.0. The second-order valence-electron chi connectivity index (χ2n) is 7.06. The van der Waals surface area contributed by atoms with Crippen LogP contribution >= 0.6 is 11.9 Å². The van der Waals surface area contributed by atoms with Crippen molar-refractivity contribution in [2.24, 2.45) is 0 Å². The molecule has 0 fully saturated rings. The molecule has 0 aliphatic heterocycles. The molecule has 0 aliphatic rings. The number of aryl methyl sites for hydroxylation is 1. The third-order valence-electron chi connectivity index (χ3n) is 4.76. The summed E-state index contributed by atoms with van der Waals surface area (Å²) in [5.41, 5.74) is 4.62. The molecule has 3 N–H and O–H groups in total. The monoisotopic (exact) mass is 463 g/mol. The molecule has 0 atom stereocenters. The number of terminal acetylenes is 1. The molecule has 33 heavy (non-hydrogen) atoms. The van der Waals surface area contributed by atoms with E-state index in [2.05, 4.69) is 21.3 Å². The second kappa shape index (κ2) is 10.6. The van der Waals surface area contributed by atoms with Crippen LogP contribution in [0.2, 0.25) is 0 Å². The molecule has 3 aromatic carbocycles. The molecule has 0 radical (unpaired) electrons. The molecule has 168 valence electrons. The van der Waals surface area contributed by atoms with Crippen molar-refractivity contribution in [3.8, 4) is 29.2 Å². The molecule has 0 heterocycles. The van der Waals surface area contributed by atoms with Crippen molar-refractivity contribution >= 4 is 41.3 Å². The van der Waals surface area contributed by atoms with Gasteiger partial charge in [-0.3, -0.25) is 9.59 Å². The van der Waals surface area contributed by atoms with Crippen molar-refractivity contribution in [3.63, 3.8) is 0 Å². The first kappa shape index (κ1) is 23.7. The lowest BCUT2D eigenvalue weighted by atomic mass is 9.99. The third kappa shape index (κ3) is 5.64. The number of hydrogen-bond acceptors (Lipinski definition) is 5. The van der Waals surface area contributed by atoms with Crippen LogP contribution in [0.5, 0.6) is 5.75 Å². The Labute approximate surface area is 196 Å². The quantitative estimate of drug-likeness (QED) is 0.236. The van der Waals surface area contributed by atoms with Crippen molar-refractivity contribution in [2.45, 2.75) is 18.7 Å². The summed E-state index contributed by atoms with van der Waals surface area (Å²) in [6.07, 6.45) is 6.27. The van der Waals surface area contributed by atoms with Gasteiger partial charge in [-0.15, -0.1) is 6.42 Å². The molecular weight excluding hydrogens is 441 g/mol. The number of rotatable bonds is 8. The van der Waals surface area contributed by atoms with E-state index in [-0.39, 0.29) is 11.7 Å². The molecule has 6 nitrogen and oxygen atoms in total. The Morgan fingerprint density at radius 1 is 1.15 bits per heavy atom. The number of amides is 2. The fourth-order valence-electron chi connectivity index (χ4n) is 3.20. The van der Waals surface area contributed by atoms with E-state index in [0.717, 1.165) is 21.7 Å². The average Bonchev–Trinajstić information content (AvgIpc) is 2.79. The Morgan fingerprint density at radius 2 is 1.94 bits per heavy atom. The molecule has 0 bridgehead atoms. The standard InChI is InChI=1S/C25H22FN3O3S/c1-5-17-11-19(7-8-20(17)18-6-9-24(32-4)21(26)12-18)29-33-25-13-23(28-16(3)31)22(27-14-30)10-15(25)2/h1,6-14,29H,2-4H3,(H,27,30)(H,28,31). The lowest BCUT2D eigenvalue weighted by molar-refractivity contribution is -0.114. The first-order valence-electron chi connectivity index (χ1n) is 9.86. The maximum Gasteiger partial charge on any atom is 0.221 e. The van der Waals surface area contributed by atoms with Gasteiger partial charge in [-0.05, 0) is 72.0 Å². The van der Waals surface area contributed by atoms with Crippen molar-refractivity contribution in [2.75, 3.05) is 22.5 Å². The van der Waals surface area contributed by atoms with Crippen LogP contribution in [-0.4, -0.2) is 19.4 Å². The molecule has 0 aromatic heterocycles. The van der Waals surface area contributed by atoms with E-state index in [1.165, 1.54) is 32.0 Å². The zero-order valence-corrected chi connectivity index (χ0v) is 19.1. The minimum Gasteiger partial charge on any atom is -0.494 e. The van der Waals surface area contributed by atoms with Crippen LogP contribution in [0.15, 0.2) is 53.4 Å². The van der Waals surface area contributed by atoms with Gasteiger partial charge in [0, 0.05) is 23.1 Å². The topological polar surface area (TPSA) is 79.5 Å². The Balaban J connectivity index is 1.85. The Bertz CT molecular complexity index is 1250. The molecule has 0 aliphatic carbocycles. The lowest BCUT2D eigenvalue weighted by Crippen LogP contribution is -2.09. The first-order valence-corrected chi connectivity index (χ1v) is 10.7. The Kier molecular flexibility index (Phi) is 7.59. The number of carbonyl (C=O) groups excluding carboxylic acids is 2. The third-order valence-corrected chi connectivity index (χ3v) is 5.75. The van der Waals surface area contributed by atoms with Gasteiger partial charge < -0.3 is 20.1 Å². The number of ether oxygens (including phenoxy) is 1. The van der Waals surface area contributed by atoms with Crippen LogP contribution < -0.4 is 20.1 Å². The molecule has 0 saturated heterocycles. The molecule has 0 unspecified atom stereocenters. The summed E-state index contributed by atoms with van der Waals surface area (Å²) >= 11 is 1.33. The summed E-state index contributed by atoms with van der Waals surface area (Å²) in [7, 11) is 1.41. The smallest absolute Gasteiger partial charge is 0.221 e. The maximum absolute atomic E-state index is 14.1. The fourth-order valence-corrected chi connectivity index (χ4v) is 3.95. The summed E-state index contributed by atoms with van der Waals surface area (Å²) in [5, 5.41) is 5.30. The summed E-state index contributed by atoms with van der Waals surface area (Å²) in [4.78, 5) is 23.2. The van der Waals surface area contributed by atoms with Gasteiger partial charge in [-0.2, -0.15) is 0 Å². The van der Waals surface area contributed by atoms with Crippen LogP contribution in [0.1, 0.15) is 18.1 Å². The van der Waals surface area contributed by atoms with E-state index in [1.54, 1.807) is 30.3 Å². The Hall–Kier alpha value is -3.96. The van der Waals surface area contributed by atoms with Crippen LogP contribution in [0.25, 0.3) is 11.1 Å². The molecule has 8 heteroatoms. The number of carbonyl (C=O) groups is 2. The van der Waals surface area contributed by atoms with E-state index >= 15 is 0 Å². The number of hydrogen-bond donors (Lipinski definition) is 3. The van der Waals surface area contributed by atoms with Crippen LogP contribution in [0.4, 0.5) is 21.5 Å². The van der Waals surface area contributed by atoms with Gasteiger partial charge in [-0.1, -0.05) is 18.1 Å². The lowest BCUT2D eigenvalue weighted by Gasteiger charge is -2.15. The van der Waals surface area contributed by atoms with Gasteiger partial charge in [0.2, 0.25) is 12.3 Å². The van der Waals surface area contributed by atoms with Gasteiger partial charge in [0.25, 0.3) is 0 Å². The predicted molar refractivity (Wildman–Crippen MR) is 131 cm³/mol. The molecule has 3 aromatic rings. The largest absolute Gasteiger partial charge is 0.494 e. The van der Waals surface area contributed by atoms with Gasteiger partial charge >= 0.3 is 0 Å². The summed E-state index contributed by atoms with van der Waals surface area (Å²) in [6.45, 7) is 3.29. The van der Waals surface area contributed by atoms with E-state index in [1.807, 2.05) is 19.1 Å². The van der Waals surface area contributed by atoms with E-state index in [9.17, 15) is 14.0 Å². The fraction of sp³-hybridized carbons (Fsp3) is 0.120. The SMILES string of the molecule is C#Cc1cc(NSc2cc(NC(C)=O)c(NC=O)cc2C)ccc1-c1ccc(OC)c(F)c1. The minimum absolute atomic E-state index is 0.166. The van der Waals surface area contributed by atoms with Gasteiger partial charge in [0.05, 0.1) is 18.5 Å². The van der Waals surface area contributed by atoms with Crippen molar-refractivity contribution in [1.82, 2.24) is 0 Å². The van der Waals surface area contributed by atoms with Crippen molar-refractivity contribution in [3.05, 3.63) is 65.5 Å². The molecule has 3 rings (SSSR count). The minimum atomic E-state index is -0.464. The van der Waals surface area contributed by atoms with Crippen LogP contribution in [0.3, 0.4) is 0 Å². The molecule has 0 saturated carbocycles. The number of nitrogens with one attached hydrogen (secondary N) is 3. The van der Waals surface area contributed by atoms with Crippen LogP contribution in [0, 0.1) is 25.1 Å². The molecule has 0 spiro atoms. The number of benzene rings is 3. The normalized spacial score (nSPS) is 10.2. The Morgan fingerprint density at radius 3 is 2.58 bits per heavy atom. The second-order valence-corrected chi connectivity index (χ2v) is 7.91. The van der Waals surface area contributed by atoms with E-state index < -0.39 is 5.82 Å². The summed E-state index contributed by atoms with van der Waals surface area (Å²) in [5.74, 6) is 2.11. The number of anilines is 3. The predicted octanol–water partition coefficient (Wildman–Crippen LogP) is 5.44. The number of halogens is 1. The van der Waals surface area contributed by atoms with Crippen LogP contribution in [-0.2, 0) is 9.59 Å². The highest BCUT2D eigenvalue weighted by Crippen LogP contribution is 2.34. The van der Waals surface area contributed by atoms with Gasteiger partial charge in [-0.25, -0.2) is 4.39 Å². The molecular formula is C25H22FN3O3S. The van der Waals surface area contributed by atoms with Gasteiger partial charge in [0.15, 0.2) is 11.6 Å². The maximum atomic E-state index is 14.1. The van der Waals surface area contributed by atoms with Gasteiger partial charge in [0.1, 0.15) is 0 Å². The first-order chi connectivity index (χ1) is 15.9. The zero-order valence-electron chi connectivity index (χ0n) is 18.3. The summed E-state index contributed by atoms with van der Waals surface area (Å²) < 4.78 is 22.4. The molecule has 2 amide bonds. The highest BCUT2D eigenvalue weighted by molar-refractivity contribution is 8.00. The number of methoxy groups -OCH3 is 1. The van der Waals surface area contributed by atoms with Crippen molar-refractivity contribution in [1.29, 1.82) is 0 Å². The van der Waals surface area contributed by atoms with Crippen molar-refractivity contribution < 1.29 is 18.7 Å². The highest BCUT2D eigenvalue weighted by Gasteiger charge is 2.12. The highest BCUT2D eigenvalue weighted by atomic mass is 32.2. The van der Waals surface area contributed by atoms with E-state index in [4.69, 9.17) is 11.2 Å².